The number of nitrogens with one attached hydrogen (secondary N) is 1. The standard InChI is InChI=1S/C13H14BrNO2/c1-9(13-3-2-6-17-13)15-8-10-7-11(14)4-5-12(10)16/h2-7,9,15-16H,8H2,1H3/t9-/m1/s1. The van der Waals surface area contributed by atoms with Gasteiger partial charge in [-0.05, 0) is 37.3 Å². The van der Waals surface area contributed by atoms with Crippen molar-refractivity contribution >= 4 is 15.9 Å². The van der Waals surface area contributed by atoms with Gasteiger partial charge in [-0.1, -0.05) is 15.9 Å². The lowest BCUT2D eigenvalue weighted by molar-refractivity contribution is 0.422. The number of phenols is 1. The number of aromatic hydroxyl groups is 1. The Bertz CT molecular complexity index is 482. The minimum atomic E-state index is 0.114. The molecular weight excluding hydrogens is 282 g/mol. The van der Waals surface area contributed by atoms with Gasteiger partial charge < -0.3 is 14.8 Å². The predicted octanol–water partition coefficient (Wildman–Crippen LogP) is 3.60. The van der Waals surface area contributed by atoms with Gasteiger partial charge in [-0.25, -0.2) is 0 Å². The first kappa shape index (κ1) is 12.2. The Balaban J connectivity index is 2.00. The molecule has 2 rings (SSSR count). The SMILES string of the molecule is C[C@@H](NCc1cc(Br)ccc1O)c1ccco1. The topological polar surface area (TPSA) is 45.4 Å². The van der Waals surface area contributed by atoms with Crippen molar-refractivity contribution in [1.82, 2.24) is 5.32 Å². The molecule has 0 saturated carbocycles. The summed E-state index contributed by atoms with van der Waals surface area (Å²) in [5, 5.41) is 13.0. The molecule has 1 aromatic carbocycles. The van der Waals surface area contributed by atoms with Crippen LogP contribution in [-0.2, 0) is 6.54 Å². The highest BCUT2D eigenvalue weighted by Gasteiger charge is 2.09. The fraction of sp³-hybridized carbons (Fsp3) is 0.231. The molecule has 0 aliphatic carbocycles. The molecule has 0 radical (unpaired) electrons. The van der Waals surface area contributed by atoms with Gasteiger partial charge >= 0.3 is 0 Å². The van der Waals surface area contributed by atoms with Gasteiger partial charge in [0.1, 0.15) is 11.5 Å². The quantitative estimate of drug-likeness (QED) is 0.906. The maximum absolute atomic E-state index is 9.69. The normalized spacial score (nSPS) is 12.6. The lowest BCUT2D eigenvalue weighted by atomic mass is 10.2. The molecule has 0 spiro atoms. The molecule has 4 heteroatoms. The molecule has 0 amide bonds. The first-order chi connectivity index (χ1) is 8.16. The molecule has 1 aromatic heterocycles. The van der Waals surface area contributed by atoms with Gasteiger partial charge in [0.2, 0.25) is 0 Å². The summed E-state index contributed by atoms with van der Waals surface area (Å²) in [6.07, 6.45) is 1.66. The highest BCUT2D eigenvalue weighted by Crippen LogP contribution is 2.22. The summed E-state index contributed by atoms with van der Waals surface area (Å²) >= 11 is 3.38. The van der Waals surface area contributed by atoms with E-state index >= 15 is 0 Å². The van der Waals surface area contributed by atoms with Gasteiger partial charge in [0.25, 0.3) is 0 Å². The third-order valence-electron chi connectivity index (χ3n) is 2.61. The van der Waals surface area contributed by atoms with Crippen LogP contribution in [0.4, 0.5) is 0 Å². The van der Waals surface area contributed by atoms with Crippen molar-refractivity contribution in [2.75, 3.05) is 0 Å². The maximum atomic E-state index is 9.69. The third kappa shape index (κ3) is 3.11. The molecule has 0 bridgehead atoms. The van der Waals surface area contributed by atoms with Gasteiger partial charge in [-0.2, -0.15) is 0 Å². The zero-order valence-corrected chi connectivity index (χ0v) is 11.1. The van der Waals surface area contributed by atoms with Crippen molar-refractivity contribution in [3.63, 3.8) is 0 Å². The highest BCUT2D eigenvalue weighted by molar-refractivity contribution is 9.10. The van der Waals surface area contributed by atoms with Crippen LogP contribution in [-0.4, -0.2) is 5.11 Å². The summed E-state index contributed by atoms with van der Waals surface area (Å²) in [6.45, 7) is 2.61. The largest absolute Gasteiger partial charge is 0.508 e. The van der Waals surface area contributed by atoms with E-state index in [4.69, 9.17) is 4.42 Å². The van der Waals surface area contributed by atoms with E-state index < -0.39 is 0 Å². The van der Waals surface area contributed by atoms with Crippen LogP contribution in [0.25, 0.3) is 0 Å². The van der Waals surface area contributed by atoms with Crippen LogP contribution in [0.15, 0.2) is 45.5 Å². The number of rotatable bonds is 4. The lowest BCUT2D eigenvalue weighted by Crippen LogP contribution is -2.17. The van der Waals surface area contributed by atoms with E-state index in [1.165, 1.54) is 0 Å². The van der Waals surface area contributed by atoms with E-state index in [-0.39, 0.29) is 6.04 Å². The van der Waals surface area contributed by atoms with Crippen molar-refractivity contribution in [1.29, 1.82) is 0 Å². The average molecular weight is 296 g/mol. The third-order valence-corrected chi connectivity index (χ3v) is 3.10. The molecule has 0 saturated heterocycles. The molecule has 2 aromatic rings. The van der Waals surface area contributed by atoms with Crippen LogP contribution in [0.3, 0.4) is 0 Å². The predicted molar refractivity (Wildman–Crippen MR) is 69.8 cm³/mol. The minimum absolute atomic E-state index is 0.114. The molecule has 0 fully saturated rings. The first-order valence-corrected chi connectivity index (χ1v) is 6.20. The van der Waals surface area contributed by atoms with Crippen LogP contribution < -0.4 is 5.32 Å². The molecule has 2 N–H and O–H groups in total. The summed E-state index contributed by atoms with van der Waals surface area (Å²) in [6, 6.07) is 9.30. The average Bonchev–Trinajstić information content (AvgIpc) is 2.83. The van der Waals surface area contributed by atoms with E-state index in [1.807, 2.05) is 31.2 Å². The minimum Gasteiger partial charge on any atom is -0.508 e. The molecule has 0 unspecified atom stereocenters. The smallest absolute Gasteiger partial charge is 0.120 e. The zero-order chi connectivity index (χ0) is 12.3. The van der Waals surface area contributed by atoms with Crippen molar-refractivity contribution in [2.24, 2.45) is 0 Å². The van der Waals surface area contributed by atoms with E-state index in [1.54, 1.807) is 12.3 Å². The first-order valence-electron chi connectivity index (χ1n) is 5.41. The summed E-state index contributed by atoms with van der Waals surface area (Å²) in [5.41, 5.74) is 0.859. The zero-order valence-electron chi connectivity index (χ0n) is 9.48. The van der Waals surface area contributed by atoms with E-state index in [0.29, 0.717) is 12.3 Å². The van der Waals surface area contributed by atoms with Crippen molar-refractivity contribution in [3.8, 4) is 5.75 Å². The number of hydrogen-bond acceptors (Lipinski definition) is 3. The highest BCUT2D eigenvalue weighted by atomic mass is 79.9. The molecule has 0 aliphatic heterocycles. The van der Waals surface area contributed by atoms with Crippen molar-refractivity contribution in [2.45, 2.75) is 19.5 Å². The van der Waals surface area contributed by atoms with Gasteiger partial charge in [0, 0.05) is 16.6 Å². The van der Waals surface area contributed by atoms with E-state index in [0.717, 1.165) is 15.8 Å². The molecule has 1 atom stereocenters. The van der Waals surface area contributed by atoms with Crippen LogP contribution in [0.2, 0.25) is 0 Å². The Labute approximate surface area is 109 Å². The van der Waals surface area contributed by atoms with Gasteiger partial charge in [0.05, 0.1) is 12.3 Å². The molecule has 3 nitrogen and oxygen atoms in total. The number of furan rings is 1. The van der Waals surface area contributed by atoms with Crippen LogP contribution in [0, 0.1) is 0 Å². The summed E-state index contributed by atoms with van der Waals surface area (Å²) < 4.78 is 6.26. The van der Waals surface area contributed by atoms with E-state index in [2.05, 4.69) is 21.2 Å². The maximum Gasteiger partial charge on any atom is 0.120 e. The van der Waals surface area contributed by atoms with E-state index in [9.17, 15) is 5.11 Å². The van der Waals surface area contributed by atoms with Gasteiger partial charge in [0.15, 0.2) is 0 Å². The summed E-state index contributed by atoms with van der Waals surface area (Å²) in [4.78, 5) is 0. The Morgan fingerprint density at radius 1 is 1.41 bits per heavy atom. The number of hydrogen-bond donors (Lipinski definition) is 2. The van der Waals surface area contributed by atoms with Crippen LogP contribution in [0.5, 0.6) is 5.75 Å². The second-order valence-electron chi connectivity index (χ2n) is 3.89. The van der Waals surface area contributed by atoms with Crippen molar-refractivity contribution < 1.29 is 9.52 Å². The van der Waals surface area contributed by atoms with Gasteiger partial charge in [-0.15, -0.1) is 0 Å². The van der Waals surface area contributed by atoms with Crippen LogP contribution in [0.1, 0.15) is 24.3 Å². The molecule has 1 heterocycles. The Morgan fingerprint density at radius 2 is 2.24 bits per heavy atom. The monoisotopic (exact) mass is 295 g/mol. The molecule has 17 heavy (non-hydrogen) atoms. The molecule has 90 valence electrons. The second-order valence-corrected chi connectivity index (χ2v) is 4.81. The second kappa shape index (κ2) is 5.38. The molecule has 0 aliphatic rings. The van der Waals surface area contributed by atoms with Crippen molar-refractivity contribution in [3.05, 3.63) is 52.4 Å². The Hall–Kier alpha value is -1.26. The summed E-state index contributed by atoms with van der Waals surface area (Å²) in [7, 11) is 0. The van der Waals surface area contributed by atoms with Gasteiger partial charge in [-0.3, -0.25) is 0 Å². The number of benzene rings is 1. The van der Waals surface area contributed by atoms with Crippen LogP contribution >= 0.6 is 15.9 Å². The number of phenolic OH excluding ortho intramolecular Hbond substituents is 1. The summed E-state index contributed by atoms with van der Waals surface area (Å²) in [5.74, 6) is 1.19. The molecular formula is C13H14BrNO2. The lowest BCUT2D eigenvalue weighted by Gasteiger charge is -2.12. The Morgan fingerprint density at radius 3 is 2.94 bits per heavy atom. The Kier molecular flexibility index (Phi) is 3.86. The number of halogens is 1. The fourth-order valence-corrected chi connectivity index (χ4v) is 2.01. The fourth-order valence-electron chi connectivity index (χ4n) is 1.60.